The van der Waals surface area contributed by atoms with E-state index < -0.39 is 0 Å². The van der Waals surface area contributed by atoms with Crippen LogP contribution in [0.3, 0.4) is 0 Å². The zero-order chi connectivity index (χ0) is 13.4. The van der Waals surface area contributed by atoms with Crippen LogP contribution >= 0.6 is 0 Å². The van der Waals surface area contributed by atoms with Gasteiger partial charge in [0.05, 0.1) is 25.8 Å². The van der Waals surface area contributed by atoms with Crippen LogP contribution in [0.15, 0.2) is 18.2 Å². The number of carbonyl (C=O) groups excluding carboxylic acids is 1. The first-order valence-electron chi connectivity index (χ1n) is 6.50. The molecule has 0 bridgehead atoms. The van der Waals surface area contributed by atoms with E-state index in [9.17, 15) is 4.79 Å². The number of methoxy groups -OCH3 is 2. The van der Waals surface area contributed by atoms with E-state index in [1.54, 1.807) is 20.3 Å². The zero-order valence-electron chi connectivity index (χ0n) is 11.2. The summed E-state index contributed by atoms with van der Waals surface area (Å²) in [4.78, 5) is 14.5. The SMILES string of the molecule is COc1cc2c(cc1OC)C(=O)N1CCC[C@H]1C=C2. The van der Waals surface area contributed by atoms with E-state index in [1.807, 2.05) is 17.0 Å². The Hall–Kier alpha value is -1.97. The maximum atomic E-state index is 12.6. The first-order valence-corrected chi connectivity index (χ1v) is 6.50. The van der Waals surface area contributed by atoms with Crippen LogP contribution < -0.4 is 9.47 Å². The lowest BCUT2D eigenvalue weighted by atomic mass is 10.1. The highest BCUT2D eigenvalue weighted by Gasteiger charge is 2.31. The van der Waals surface area contributed by atoms with Crippen LogP contribution in [-0.2, 0) is 0 Å². The Labute approximate surface area is 112 Å². The molecule has 3 rings (SSSR count). The number of carbonyl (C=O) groups is 1. The van der Waals surface area contributed by atoms with E-state index >= 15 is 0 Å². The summed E-state index contributed by atoms with van der Waals surface area (Å²) in [5, 5.41) is 0. The predicted molar refractivity (Wildman–Crippen MR) is 72.6 cm³/mol. The molecule has 2 aliphatic heterocycles. The number of hydrogen-bond acceptors (Lipinski definition) is 3. The highest BCUT2D eigenvalue weighted by atomic mass is 16.5. The van der Waals surface area contributed by atoms with E-state index in [1.165, 1.54) is 0 Å². The van der Waals surface area contributed by atoms with Crippen LogP contribution in [0.2, 0.25) is 0 Å². The molecule has 0 aliphatic carbocycles. The molecule has 0 unspecified atom stereocenters. The molecule has 0 radical (unpaired) electrons. The zero-order valence-corrected chi connectivity index (χ0v) is 11.2. The van der Waals surface area contributed by atoms with Gasteiger partial charge >= 0.3 is 0 Å². The topological polar surface area (TPSA) is 38.8 Å². The Balaban J connectivity index is 2.12. The van der Waals surface area contributed by atoms with Crippen molar-refractivity contribution in [2.24, 2.45) is 0 Å². The lowest BCUT2D eigenvalue weighted by Gasteiger charge is -2.21. The molecule has 1 aromatic rings. The van der Waals surface area contributed by atoms with Crippen molar-refractivity contribution in [2.75, 3.05) is 20.8 Å². The maximum Gasteiger partial charge on any atom is 0.255 e. The molecule has 19 heavy (non-hydrogen) atoms. The molecule has 4 heteroatoms. The Morgan fingerprint density at radius 1 is 1.21 bits per heavy atom. The third kappa shape index (κ3) is 1.87. The third-order valence-electron chi connectivity index (χ3n) is 3.84. The molecule has 1 saturated heterocycles. The second-order valence-electron chi connectivity index (χ2n) is 4.86. The Kier molecular flexibility index (Phi) is 2.93. The number of rotatable bonds is 2. The average molecular weight is 259 g/mol. The highest BCUT2D eigenvalue weighted by molar-refractivity contribution is 6.00. The molecule has 100 valence electrons. The minimum atomic E-state index is 0.0865. The lowest BCUT2D eigenvalue weighted by Crippen LogP contribution is -2.33. The fourth-order valence-electron chi connectivity index (χ4n) is 2.83. The van der Waals surface area contributed by atoms with Gasteiger partial charge in [-0.1, -0.05) is 12.2 Å². The number of benzene rings is 1. The van der Waals surface area contributed by atoms with E-state index in [0.717, 1.165) is 24.9 Å². The Bertz CT molecular complexity index is 551. The average Bonchev–Trinajstić information content (AvgIpc) is 2.87. The lowest BCUT2D eigenvalue weighted by molar-refractivity contribution is 0.0763. The van der Waals surface area contributed by atoms with E-state index in [4.69, 9.17) is 9.47 Å². The molecule has 2 aliphatic rings. The number of nitrogens with zero attached hydrogens (tertiary/aromatic N) is 1. The summed E-state index contributed by atoms with van der Waals surface area (Å²) in [5.41, 5.74) is 1.59. The highest BCUT2D eigenvalue weighted by Crippen LogP contribution is 2.35. The molecule has 0 N–H and O–H groups in total. The van der Waals surface area contributed by atoms with Crippen LogP contribution in [0, 0.1) is 0 Å². The van der Waals surface area contributed by atoms with Gasteiger partial charge in [-0.05, 0) is 30.5 Å². The van der Waals surface area contributed by atoms with Crippen molar-refractivity contribution in [3.05, 3.63) is 29.3 Å². The van der Waals surface area contributed by atoms with Gasteiger partial charge in [-0.25, -0.2) is 0 Å². The van der Waals surface area contributed by atoms with Crippen LogP contribution in [0.25, 0.3) is 6.08 Å². The summed E-state index contributed by atoms with van der Waals surface area (Å²) in [6, 6.07) is 3.88. The van der Waals surface area contributed by atoms with Crippen LogP contribution in [-0.4, -0.2) is 37.6 Å². The largest absolute Gasteiger partial charge is 0.493 e. The van der Waals surface area contributed by atoms with Gasteiger partial charge in [-0.15, -0.1) is 0 Å². The fourth-order valence-corrected chi connectivity index (χ4v) is 2.83. The van der Waals surface area contributed by atoms with Crippen LogP contribution in [0.5, 0.6) is 11.5 Å². The number of fused-ring (bicyclic) bond motifs is 2. The first-order chi connectivity index (χ1) is 9.24. The van der Waals surface area contributed by atoms with Gasteiger partial charge < -0.3 is 14.4 Å². The van der Waals surface area contributed by atoms with Gasteiger partial charge in [0.25, 0.3) is 5.91 Å². The molecular weight excluding hydrogens is 242 g/mol. The molecule has 0 spiro atoms. The van der Waals surface area contributed by atoms with Gasteiger partial charge in [0.1, 0.15) is 0 Å². The van der Waals surface area contributed by atoms with Crippen molar-refractivity contribution >= 4 is 12.0 Å². The van der Waals surface area contributed by atoms with Crippen molar-refractivity contribution in [3.63, 3.8) is 0 Å². The van der Waals surface area contributed by atoms with Crippen molar-refractivity contribution in [2.45, 2.75) is 18.9 Å². The summed E-state index contributed by atoms with van der Waals surface area (Å²) in [7, 11) is 3.19. The smallest absolute Gasteiger partial charge is 0.255 e. The van der Waals surface area contributed by atoms with Crippen molar-refractivity contribution < 1.29 is 14.3 Å². The minimum absolute atomic E-state index is 0.0865. The first kappa shape index (κ1) is 12.1. The van der Waals surface area contributed by atoms with Gasteiger partial charge in [0.2, 0.25) is 0 Å². The Morgan fingerprint density at radius 2 is 1.95 bits per heavy atom. The van der Waals surface area contributed by atoms with E-state index in [0.29, 0.717) is 17.1 Å². The summed E-state index contributed by atoms with van der Waals surface area (Å²) in [5.74, 6) is 1.34. The van der Waals surface area contributed by atoms with Gasteiger partial charge in [0, 0.05) is 6.54 Å². The molecule has 1 fully saturated rings. The predicted octanol–water partition coefficient (Wildman–Crippen LogP) is 2.34. The molecule has 0 aromatic heterocycles. The standard InChI is InChI=1S/C15H17NO3/c1-18-13-8-10-5-6-11-4-3-7-16(11)15(17)12(10)9-14(13)19-2/h5-6,8-9,11H,3-4,7H2,1-2H3/t11-/m0/s1. The normalized spacial score (nSPS) is 20.8. The van der Waals surface area contributed by atoms with Gasteiger partial charge in [0.15, 0.2) is 11.5 Å². The molecule has 4 nitrogen and oxygen atoms in total. The van der Waals surface area contributed by atoms with E-state index in [-0.39, 0.29) is 11.9 Å². The van der Waals surface area contributed by atoms with Crippen LogP contribution in [0.1, 0.15) is 28.8 Å². The summed E-state index contributed by atoms with van der Waals surface area (Å²) >= 11 is 0. The van der Waals surface area contributed by atoms with Crippen molar-refractivity contribution in [1.82, 2.24) is 4.90 Å². The summed E-state index contributed by atoms with van der Waals surface area (Å²) < 4.78 is 10.6. The molecule has 2 heterocycles. The number of hydrogen-bond donors (Lipinski definition) is 0. The molecule has 1 amide bonds. The second kappa shape index (κ2) is 4.61. The van der Waals surface area contributed by atoms with Gasteiger partial charge in [-0.3, -0.25) is 4.79 Å². The van der Waals surface area contributed by atoms with Crippen LogP contribution in [0.4, 0.5) is 0 Å². The van der Waals surface area contributed by atoms with E-state index in [2.05, 4.69) is 6.08 Å². The van der Waals surface area contributed by atoms with Crippen molar-refractivity contribution in [1.29, 1.82) is 0 Å². The summed E-state index contributed by atoms with van der Waals surface area (Å²) in [6.07, 6.45) is 6.25. The second-order valence-corrected chi connectivity index (χ2v) is 4.86. The fraction of sp³-hybridized carbons (Fsp3) is 0.400. The molecular formula is C15H17NO3. The summed E-state index contributed by atoms with van der Waals surface area (Å²) in [6.45, 7) is 0.835. The Morgan fingerprint density at radius 3 is 2.68 bits per heavy atom. The number of amides is 1. The maximum absolute atomic E-state index is 12.6. The number of ether oxygens (including phenoxy) is 2. The third-order valence-corrected chi connectivity index (χ3v) is 3.84. The minimum Gasteiger partial charge on any atom is -0.493 e. The molecule has 1 atom stereocenters. The van der Waals surface area contributed by atoms with Gasteiger partial charge in [-0.2, -0.15) is 0 Å². The van der Waals surface area contributed by atoms with Crippen molar-refractivity contribution in [3.8, 4) is 11.5 Å². The molecule has 1 aromatic carbocycles. The molecule has 0 saturated carbocycles. The quantitative estimate of drug-likeness (QED) is 0.818. The monoisotopic (exact) mass is 259 g/mol.